The molecule has 3 heterocycles. The number of aryl methyl sites for hydroxylation is 1. The molecular weight excluding hydrogens is 396 g/mol. The molecule has 2 saturated heterocycles. The van der Waals surface area contributed by atoms with E-state index in [1.54, 1.807) is 18.2 Å². The number of nitrogens with zero attached hydrogens (tertiary/aromatic N) is 1. The molecule has 2 aromatic rings. The van der Waals surface area contributed by atoms with Gasteiger partial charge in [0.2, 0.25) is 11.8 Å². The number of alkyl carbamates (subject to hydrolysis) is 1. The van der Waals surface area contributed by atoms with Gasteiger partial charge in [0, 0.05) is 0 Å². The number of benzene rings is 2. The number of ether oxygens (including phenoxy) is 2. The van der Waals surface area contributed by atoms with E-state index in [-0.39, 0.29) is 25.0 Å². The monoisotopic (exact) mass is 418 g/mol. The van der Waals surface area contributed by atoms with Gasteiger partial charge in [-0.1, -0.05) is 60.2 Å². The summed E-state index contributed by atoms with van der Waals surface area (Å²) in [5, 5.41) is 2.70. The molecule has 3 aliphatic heterocycles. The van der Waals surface area contributed by atoms with Gasteiger partial charge < -0.3 is 14.8 Å². The predicted octanol–water partition coefficient (Wildman–Crippen LogP) is 2.73. The van der Waals surface area contributed by atoms with Gasteiger partial charge in [0.05, 0.1) is 30.2 Å². The zero-order valence-corrected chi connectivity index (χ0v) is 17.0. The van der Waals surface area contributed by atoms with Crippen molar-refractivity contribution >= 4 is 23.6 Å². The maximum atomic E-state index is 13.3. The number of hydrogen-bond acceptors (Lipinski definition) is 5. The molecule has 2 aromatic carbocycles. The normalized spacial score (nSPS) is 28.2. The molecular formula is C24H22N2O5. The van der Waals surface area contributed by atoms with Gasteiger partial charge >= 0.3 is 6.09 Å². The fraction of sp³-hybridized carbons (Fsp3) is 0.292. The van der Waals surface area contributed by atoms with Crippen LogP contribution < -0.4 is 10.2 Å². The molecule has 2 fully saturated rings. The predicted molar refractivity (Wildman–Crippen MR) is 112 cm³/mol. The van der Waals surface area contributed by atoms with Crippen LogP contribution in [0, 0.1) is 18.8 Å². The van der Waals surface area contributed by atoms with Crippen molar-refractivity contribution in [2.24, 2.45) is 11.8 Å². The van der Waals surface area contributed by atoms with Crippen molar-refractivity contribution in [3.05, 3.63) is 77.9 Å². The maximum Gasteiger partial charge on any atom is 0.407 e. The third-order valence-electron chi connectivity index (χ3n) is 6.17. The van der Waals surface area contributed by atoms with Crippen molar-refractivity contribution in [1.29, 1.82) is 0 Å². The average molecular weight is 418 g/mol. The molecule has 7 heteroatoms. The Balaban J connectivity index is 1.29. The zero-order chi connectivity index (χ0) is 21.6. The van der Waals surface area contributed by atoms with Crippen LogP contribution in [0.1, 0.15) is 11.1 Å². The van der Waals surface area contributed by atoms with Crippen molar-refractivity contribution < 1.29 is 23.9 Å². The fourth-order valence-electron chi connectivity index (χ4n) is 4.64. The van der Waals surface area contributed by atoms with Crippen molar-refractivity contribution in [1.82, 2.24) is 5.32 Å². The Labute approximate surface area is 179 Å². The van der Waals surface area contributed by atoms with Crippen LogP contribution in [-0.2, 0) is 25.7 Å². The maximum absolute atomic E-state index is 13.3. The molecule has 0 aliphatic carbocycles. The Hall–Kier alpha value is -3.45. The van der Waals surface area contributed by atoms with E-state index in [0.717, 1.165) is 11.1 Å². The van der Waals surface area contributed by atoms with E-state index >= 15 is 0 Å². The third kappa shape index (κ3) is 3.21. The SMILES string of the molecule is Cc1ccc(N2C(=O)[C@@H]3[C@@H]4C=C[C@@](CNC(=O)OCc5ccccc5)(O4)[C@@H]3C2=O)cc1. The van der Waals surface area contributed by atoms with Gasteiger partial charge in [-0.2, -0.15) is 0 Å². The first-order chi connectivity index (χ1) is 15.0. The van der Waals surface area contributed by atoms with Gasteiger partial charge in [0.1, 0.15) is 12.2 Å². The average Bonchev–Trinajstić information content (AvgIpc) is 3.43. The Bertz CT molecular complexity index is 1070. The minimum absolute atomic E-state index is 0.0511. The lowest BCUT2D eigenvalue weighted by molar-refractivity contribution is -0.126. The number of amides is 3. The van der Waals surface area contributed by atoms with E-state index in [4.69, 9.17) is 9.47 Å². The van der Waals surface area contributed by atoms with Crippen LogP contribution in [0.2, 0.25) is 0 Å². The summed E-state index contributed by atoms with van der Waals surface area (Å²) in [6.45, 7) is 2.14. The second-order valence-electron chi connectivity index (χ2n) is 8.16. The van der Waals surface area contributed by atoms with E-state index < -0.39 is 29.6 Å². The molecule has 4 atom stereocenters. The molecule has 7 nitrogen and oxygen atoms in total. The molecule has 0 unspecified atom stereocenters. The summed E-state index contributed by atoms with van der Waals surface area (Å²) >= 11 is 0. The highest BCUT2D eigenvalue weighted by molar-refractivity contribution is 6.23. The zero-order valence-electron chi connectivity index (χ0n) is 17.0. The minimum Gasteiger partial charge on any atom is -0.445 e. The first-order valence-corrected chi connectivity index (χ1v) is 10.2. The van der Waals surface area contributed by atoms with Gasteiger partial charge in [-0.3, -0.25) is 9.59 Å². The largest absolute Gasteiger partial charge is 0.445 e. The quantitative estimate of drug-likeness (QED) is 0.596. The summed E-state index contributed by atoms with van der Waals surface area (Å²) < 4.78 is 11.3. The Kier molecular flexibility index (Phi) is 4.63. The molecule has 5 rings (SSSR count). The highest BCUT2D eigenvalue weighted by atomic mass is 16.6. The number of imide groups is 1. The van der Waals surface area contributed by atoms with Crippen molar-refractivity contribution in [3.63, 3.8) is 0 Å². The molecule has 31 heavy (non-hydrogen) atoms. The minimum atomic E-state index is -1.05. The van der Waals surface area contributed by atoms with E-state index in [9.17, 15) is 14.4 Å². The summed E-state index contributed by atoms with van der Waals surface area (Å²) in [7, 11) is 0. The van der Waals surface area contributed by atoms with Crippen LogP contribution in [0.15, 0.2) is 66.7 Å². The second kappa shape index (κ2) is 7.35. The van der Waals surface area contributed by atoms with Crippen molar-refractivity contribution in [2.45, 2.75) is 25.2 Å². The van der Waals surface area contributed by atoms with E-state index in [0.29, 0.717) is 5.69 Å². The highest BCUT2D eigenvalue weighted by Crippen LogP contribution is 2.52. The number of carbonyl (C=O) groups excluding carboxylic acids is 3. The van der Waals surface area contributed by atoms with Crippen LogP contribution in [0.4, 0.5) is 10.5 Å². The van der Waals surface area contributed by atoms with Crippen molar-refractivity contribution in [3.8, 4) is 0 Å². The molecule has 0 saturated carbocycles. The molecule has 0 radical (unpaired) electrons. The second-order valence-corrected chi connectivity index (χ2v) is 8.16. The number of hydrogen-bond donors (Lipinski definition) is 1. The molecule has 0 aromatic heterocycles. The van der Waals surface area contributed by atoms with Gasteiger partial charge in [-0.15, -0.1) is 0 Å². The summed E-state index contributed by atoms with van der Waals surface area (Å²) in [5.74, 6) is -1.82. The summed E-state index contributed by atoms with van der Waals surface area (Å²) in [4.78, 5) is 39.8. The van der Waals surface area contributed by atoms with Gasteiger partial charge in [0.25, 0.3) is 0 Å². The summed E-state index contributed by atoms with van der Waals surface area (Å²) in [5.41, 5.74) is 1.43. The number of carbonyl (C=O) groups is 3. The smallest absolute Gasteiger partial charge is 0.407 e. The molecule has 3 amide bonds. The van der Waals surface area contributed by atoms with Gasteiger partial charge in [0.15, 0.2) is 0 Å². The number of rotatable bonds is 5. The lowest BCUT2D eigenvalue weighted by Gasteiger charge is -2.28. The van der Waals surface area contributed by atoms with Crippen molar-refractivity contribution in [2.75, 3.05) is 11.4 Å². The molecule has 1 N–H and O–H groups in total. The Morgan fingerprint density at radius 3 is 2.58 bits per heavy atom. The van der Waals surface area contributed by atoms with Gasteiger partial charge in [-0.05, 0) is 24.6 Å². The Morgan fingerprint density at radius 1 is 1.10 bits per heavy atom. The fourth-order valence-corrected chi connectivity index (χ4v) is 4.64. The number of anilines is 1. The first-order valence-electron chi connectivity index (χ1n) is 10.2. The standard InChI is InChI=1S/C24H22N2O5/c1-15-7-9-17(10-8-15)26-21(27)19-18-11-12-24(31-18,20(19)22(26)28)14-25-23(29)30-13-16-5-3-2-4-6-16/h2-12,18-20H,13-14H2,1H3,(H,25,29)/t18-,19+,20-,24-/m0/s1. The number of fused-ring (bicyclic) bond motifs is 5. The van der Waals surface area contributed by atoms with Crippen LogP contribution >= 0.6 is 0 Å². The molecule has 0 spiro atoms. The lowest BCUT2D eigenvalue weighted by atomic mass is 9.77. The van der Waals surface area contributed by atoms with Crippen LogP contribution in [0.5, 0.6) is 0 Å². The topological polar surface area (TPSA) is 84.9 Å². The molecule has 158 valence electrons. The van der Waals surface area contributed by atoms with Crippen LogP contribution in [0.25, 0.3) is 0 Å². The number of nitrogens with one attached hydrogen (secondary N) is 1. The third-order valence-corrected chi connectivity index (χ3v) is 6.17. The Morgan fingerprint density at radius 2 is 1.84 bits per heavy atom. The van der Waals surface area contributed by atoms with Crippen LogP contribution in [-0.4, -0.2) is 36.2 Å². The summed E-state index contributed by atoms with van der Waals surface area (Å²) in [6.07, 6.45) is 2.52. The molecule has 3 aliphatic rings. The lowest BCUT2D eigenvalue weighted by Crippen LogP contribution is -2.49. The van der Waals surface area contributed by atoms with Crippen LogP contribution in [0.3, 0.4) is 0 Å². The van der Waals surface area contributed by atoms with E-state index in [1.165, 1.54) is 4.90 Å². The first kappa shape index (κ1) is 19.5. The van der Waals surface area contributed by atoms with E-state index in [1.807, 2.05) is 55.5 Å². The molecule has 2 bridgehead atoms. The van der Waals surface area contributed by atoms with Gasteiger partial charge in [-0.25, -0.2) is 9.69 Å². The highest BCUT2D eigenvalue weighted by Gasteiger charge is 2.67. The summed E-state index contributed by atoms with van der Waals surface area (Å²) in [6, 6.07) is 16.6. The van der Waals surface area contributed by atoms with E-state index in [2.05, 4.69) is 5.32 Å².